The Morgan fingerprint density at radius 2 is 2.11 bits per heavy atom. The number of aryl methyl sites for hydroxylation is 1. The number of hydrogen-bond donors (Lipinski definition) is 2. The number of carbonyl (C=O) groups excluding carboxylic acids is 1. The molecule has 0 spiro atoms. The van der Waals surface area contributed by atoms with Crippen LogP contribution in [0.1, 0.15) is 29.8 Å². The van der Waals surface area contributed by atoms with E-state index >= 15 is 0 Å². The molecule has 1 aromatic carbocycles. The molecule has 0 unspecified atom stereocenters. The van der Waals surface area contributed by atoms with Crippen molar-refractivity contribution in [1.82, 2.24) is 5.32 Å². The summed E-state index contributed by atoms with van der Waals surface area (Å²) in [5, 5.41) is 2.86. The maximum Gasteiger partial charge on any atom is 0.251 e. The standard InChI is InChI=1S/C13H17BrN2OS/c1-8-4-5-9(14)6-10(8)11(17)16-7-13(2,3)12(15)18/h4-6H,7H2,1-3H3,(H2,15,18)(H,16,17). The van der Waals surface area contributed by atoms with Gasteiger partial charge in [0.1, 0.15) is 0 Å². The Hall–Kier alpha value is -0.940. The lowest BCUT2D eigenvalue weighted by Crippen LogP contribution is -2.41. The van der Waals surface area contributed by atoms with E-state index in [4.69, 9.17) is 18.0 Å². The zero-order chi connectivity index (χ0) is 13.9. The fraction of sp³-hybridized carbons (Fsp3) is 0.385. The molecule has 0 aliphatic rings. The monoisotopic (exact) mass is 328 g/mol. The summed E-state index contributed by atoms with van der Waals surface area (Å²) >= 11 is 8.32. The third kappa shape index (κ3) is 3.78. The van der Waals surface area contributed by atoms with Crippen molar-refractivity contribution in [2.45, 2.75) is 20.8 Å². The van der Waals surface area contributed by atoms with Gasteiger partial charge in [-0.2, -0.15) is 0 Å². The van der Waals surface area contributed by atoms with Gasteiger partial charge in [0.05, 0.1) is 4.99 Å². The van der Waals surface area contributed by atoms with Gasteiger partial charge in [-0.1, -0.05) is 48.1 Å². The lowest BCUT2D eigenvalue weighted by atomic mass is 9.93. The maximum atomic E-state index is 12.1. The van der Waals surface area contributed by atoms with Crippen molar-refractivity contribution in [3.8, 4) is 0 Å². The highest BCUT2D eigenvalue weighted by Gasteiger charge is 2.22. The molecule has 5 heteroatoms. The molecule has 98 valence electrons. The zero-order valence-corrected chi connectivity index (χ0v) is 13.1. The summed E-state index contributed by atoms with van der Waals surface area (Å²) in [7, 11) is 0. The first kappa shape index (κ1) is 15.1. The number of nitrogens with one attached hydrogen (secondary N) is 1. The van der Waals surface area contributed by atoms with Gasteiger partial charge in [-0.15, -0.1) is 0 Å². The number of carbonyl (C=O) groups is 1. The Bertz CT molecular complexity index is 486. The Kier molecular flexibility index (Phi) is 4.87. The minimum Gasteiger partial charge on any atom is -0.393 e. The van der Waals surface area contributed by atoms with Gasteiger partial charge in [-0.05, 0) is 24.6 Å². The normalized spacial score (nSPS) is 11.1. The van der Waals surface area contributed by atoms with Crippen LogP contribution in [0.25, 0.3) is 0 Å². The predicted molar refractivity (Wildman–Crippen MR) is 81.8 cm³/mol. The molecule has 1 rings (SSSR count). The van der Waals surface area contributed by atoms with Crippen LogP contribution in [0, 0.1) is 12.3 Å². The van der Waals surface area contributed by atoms with Crippen molar-refractivity contribution in [2.24, 2.45) is 11.1 Å². The topological polar surface area (TPSA) is 55.1 Å². The smallest absolute Gasteiger partial charge is 0.251 e. The molecule has 0 aliphatic carbocycles. The van der Waals surface area contributed by atoms with E-state index in [1.165, 1.54) is 0 Å². The van der Waals surface area contributed by atoms with Crippen LogP contribution in [0.2, 0.25) is 0 Å². The van der Waals surface area contributed by atoms with Crippen molar-refractivity contribution in [3.05, 3.63) is 33.8 Å². The van der Waals surface area contributed by atoms with E-state index in [-0.39, 0.29) is 11.3 Å². The molecule has 3 nitrogen and oxygen atoms in total. The number of amides is 1. The largest absolute Gasteiger partial charge is 0.393 e. The van der Waals surface area contributed by atoms with Gasteiger partial charge in [0.2, 0.25) is 0 Å². The maximum absolute atomic E-state index is 12.1. The molecule has 3 N–H and O–H groups in total. The lowest BCUT2D eigenvalue weighted by Gasteiger charge is -2.23. The van der Waals surface area contributed by atoms with Crippen LogP contribution in [0.4, 0.5) is 0 Å². The molecule has 0 atom stereocenters. The number of hydrogen-bond acceptors (Lipinski definition) is 2. The molecule has 0 aromatic heterocycles. The fourth-order valence-corrected chi connectivity index (χ4v) is 1.76. The van der Waals surface area contributed by atoms with Crippen molar-refractivity contribution in [3.63, 3.8) is 0 Å². The minimum atomic E-state index is -0.384. The minimum absolute atomic E-state index is 0.113. The summed E-state index contributed by atoms with van der Waals surface area (Å²) in [6.45, 7) is 6.14. The zero-order valence-electron chi connectivity index (χ0n) is 10.7. The van der Waals surface area contributed by atoms with E-state index in [1.54, 1.807) is 6.07 Å². The van der Waals surface area contributed by atoms with Crippen LogP contribution in [0.5, 0.6) is 0 Å². The molecule has 0 bridgehead atoms. The summed E-state index contributed by atoms with van der Waals surface area (Å²) in [5.41, 5.74) is 6.83. The Morgan fingerprint density at radius 3 is 2.67 bits per heavy atom. The van der Waals surface area contributed by atoms with Crippen LogP contribution in [0.3, 0.4) is 0 Å². The molecule has 0 aliphatic heterocycles. The molecule has 0 heterocycles. The molecular formula is C13H17BrN2OS. The molecule has 0 saturated carbocycles. The molecule has 0 radical (unpaired) electrons. The highest BCUT2D eigenvalue weighted by atomic mass is 79.9. The fourth-order valence-electron chi connectivity index (χ4n) is 1.32. The van der Waals surface area contributed by atoms with Gasteiger partial charge < -0.3 is 11.1 Å². The molecule has 0 fully saturated rings. The second-order valence-corrected chi connectivity index (χ2v) is 6.25. The first-order valence-electron chi connectivity index (χ1n) is 5.58. The summed E-state index contributed by atoms with van der Waals surface area (Å²) in [5.74, 6) is -0.113. The van der Waals surface area contributed by atoms with Crippen molar-refractivity contribution >= 4 is 39.0 Å². The predicted octanol–water partition coefficient (Wildman–Crippen LogP) is 2.80. The van der Waals surface area contributed by atoms with E-state index in [1.807, 2.05) is 32.9 Å². The highest BCUT2D eigenvalue weighted by Crippen LogP contribution is 2.17. The van der Waals surface area contributed by atoms with Crippen molar-refractivity contribution in [2.75, 3.05) is 6.54 Å². The van der Waals surface area contributed by atoms with Gasteiger partial charge >= 0.3 is 0 Å². The summed E-state index contributed by atoms with van der Waals surface area (Å²) in [4.78, 5) is 12.5. The first-order chi connectivity index (χ1) is 8.24. The summed E-state index contributed by atoms with van der Waals surface area (Å²) in [6, 6.07) is 5.61. The summed E-state index contributed by atoms with van der Waals surface area (Å²) < 4.78 is 0.881. The first-order valence-corrected chi connectivity index (χ1v) is 6.78. The Morgan fingerprint density at radius 1 is 1.50 bits per heavy atom. The lowest BCUT2D eigenvalue weighted by molar-refractivity contribution is 0.0944. The van der Waals surface area contributed by atoms with Gasteiger partial charge in [-0.25, -0.2) is 0 Å². The molecule has 18 heavy (non-hydrogen) atoms. The van der Waals surface area contributed by atoms with Gasteiger partial charge in [-0.3, -0.25) is 4.79 Å². The third-order valence-electron chi connectivity index (χ3n) is 2.80. The van der Waals surface area contributed by atoms with Crippen LogP contribution >= 0.6 is 28.1 Å². The second kappa shape index (κ2) is 5.80. The van der Waals surface area contributed by atoms with Crippen LogP contribution in [-0.4, -0.2) is 17.4 Å². The quantitative estimate of drug-likeness (QED) is 0.835. The number of thiocarbonyl (C=S) groups is 1. The second-order valence-electron chi connectivity index (χ2n) is 4.89. The van der Waals surface area contributed by atoms with E-state index in [0.29, 0.717) is 17.1 Å². The third-order valence-corrected chi connectivity index (χ3v) is 3.85. The van der Waals surface area contributed by atoms with E-state index in [9.17, 15) is 4.79 Å². The highest BCUT2D eigenvalue weighted by molar-refractivity contribution is 9.10. The number of benzene rings is 1. The average molecular weight is 329 g/mol. The summed E-state index contributed by atoms with van der Waals surface area (Å²) in [6.07, 6.45) is 0. The Labute approximate surface area is 121 Å². The molecular weight excluding hydrogens is 312 g/mol. The van der Waals surface area contributed by atoms with E-state index < -0.39 is 0 Å². The van der Waals surface area contributed by atoms with Crippen molar-refractivity contribution in [1.29, 1.82) is 0 Å². The van der Waals surface area contributed by atoms with Gasteiger partial charge in [0.25, 0.3) is 5.91 Å². The van der Waals surface area contributed by atoms with Crippen LogP contribution in [-0.2, 0) is 0 Å². The SMILES string of the molecule is Cc1ccc(Br)cc1C(=O)NCC(C)(C)C(N)=S. The van der Waals surface area contributed by atoms with Gasteiger partial charge in [0, 0.05) is 22.0 Å². The molecule has 1 amide bonds. The number of halogens is 1. The number of rotatable bonds is 4. The van der Waals surface area contributed by atoms with Crippen LogP contribution in [0.15, 0.2) is 22.7 Å². The average Bonchev–Trinajstić information content (AvgIpc) is 2.29. The van der Waals surface area contributed by atoms with Crippen LogP contribution < -0.4 is 11.1 Å². The molecule has 1 aromatic rings. The van der Waals surface area contributed by atoms with Crippen molar-refractivity contribution < 1.29 is 4.79 Å². The Balaban J connectivity index is 2.78. The number of nitrogens with two attached hydrogens (primary N) is 1. The van der Waals surface area contributed by atoms with E-state index in [2.05, 4.69) is 21.2 Å². The van der Waals surface area contributed by atoms with E-state index in [0.717, 1.165) is 10.0 Å². The molecule has 0 saturated heterocycles. The van der Waals surface area contributed by atoms with Gasteiger partial charge in [0.15, 0.2) is 0 Å².